The number of hydrogen-bond donors (Lipinski definition) is 1. The number of rotatable bonds is 5. The van der Waals surface area contributed by atoms with Crippen molar-refractivity contribution in [3.8, 4) is 0 Å². The number of hydrogen-bond acceptors (Lipinski definition) is 3. The van der Waals surface area contributed by atoms with Crippen molar-refractivity contribution in [2.45, 2.75) is 53.1 Å². The van der Waals surface area contributed by atoms with Crippen LogP contribution in [0.5, 0.6) is 0 Å². The van der Waals surface area contributed by atoms with E-state index in [-0.39, 0.29) is 18.0 Å². The third kappa shape index (κ3) is 3.72. The molecule has 0 aromatic carbocycles. The fourth-order valence-electron chi connectivity index (χ4n) is 1.82. The Kier molecular flexibility index (Phi) is 4.97. The molecule has 98 valence electrons. The maximum Gasteiger partial charge on any atom is 0.217 e. The molecule has 1 aliphatic heterocycles. The van der Waals surface area contributed by atoms with Crippen molar-refractivity contribution < 1.29 is 9.53 Å². The first-order chi connectivity index (χ1) is 7.95. The predicted octanol–water partition coefficient (Wildman–Crippen LogP) is 1.99. The van der Waals surface area contributed by atoms with Crippen LogP contribution in [-0.2, 0) is 9.53 Å². The summed E-state index contributed by atoms with van der Waals surface area (Å²) >= 11 is 0. The van der Waals surface area contributed by atoms with Crippen LogP contribution < -0.4 is 5.32 Å². The van der Waals surface area contributed by atoms with Gasteiger partial charge in [-0.25, -0.2) is 4.99 Å². The van der Waals surface area contributed by atoms with Gasteiger partial charge in [-0.1, -0.05) is 34.1 Å². The summed E-state index contributed by atoms with van der Waals surface area (Å²) in [6.45, 7) is 10.7. The molecule has 0 fully saturated rings. The van der Waals surface area contributed by atoms with Gasteiger partial charge in [-0.15, -0.1) is 0 Å². The topological polar surface area (TPSA) is 50.7 Å². The van der Waals surface area contributed by atoms with E-state index in [4.69, 9.17) is 4.74 Å². The molecule has 4 nitrogen and oxygen atoms in total. The van der Waals surface area contributed by atoms with Gasteiger partial charge in [-0.05, 0) is 11.8 Å². The van der Waals surface area contributed by atoms with Gasteiger partial charge in [-0.2, -0.15) is 0 Å². The Morgan fingerprint density at radius 1 is 1.53 bits per heavy atom. The van der Waals surface area contributed by atoms with Crippen molar-refractivity contribution in [2.75, 3.05) is 6.61 Å². The van der Waals surface area contributed by atoms with Crippen molar-refractivity contribution in [1.82, 2.24) is 5.32 Å². The van der Waals surface area contributed by atoms with E-state index >= 15 is 0 Å². The summed E-state index contributed by atoms with van der Waals surface area (Å²) in [4.78, 5) is 15.8. The lowest BCUT2D eigenvalue weighted by Gasteiger charge is -2.22. The molecule has 1 N–H and O–H groups in total. The fraction of sp³-hybridized carbons (Fsp3) is 0.846. The van der Waals surface area contributed by atoms with Crippen molar-refractivity contribution in [3.63, 3.8) is 0 Å². The van der Waals surface area contributed by atoms with Crippen molar-refractivity contribution in [3.05, 3.63) is 0 Å². The van der Waals surface area contributed by atoms with E-state index < -0.39 is 0 Å². The Morgan fingerprint density at radius 2 is 2.18 bits per heavy atom. The molecule has 0 saturated carbocycles. The molecule has 4 heteroatoms. The van der Waals surface area contributed by atoms with Crippen LogP contribution in [0.2, 0.25) is 0 Å². The highest BCUT2D eigenvalue weighted by molar-refractivity contribution is 5.88. The molecule has 0 saturated heterocycles. The molecule has 1 aliphatic rings. The van der Waals surface area contributed by atoms with Gasteiger partial charge in [0, 0.05) is 6.92 Å². The van der Waals surface area contributed by atoms with E-state index in [0.717, 1.165) is 6.42 Å². The number of amides is 1. The first kappa shape index (κ1) is 14.0. The van der Waals surface area contributed by atoms with Gasteiger partial charge in [0.15, 0.2) is 0 Å². The highest BCUT2D eigenvalue weighted by atomic mass is 16.5. The van der Waals surface area contributed by atoms with E-state index in [1.165, 1.54) is 6.92 Å². The molecule has 0 bridgehead atoms. The Balaban J connectivity index is 2.77. The average Bonchev–Trinajstić information content (AvgIpc) is 2.73. The van der Waals surface area contributed by atoms with Crippen LogP contribution in [0.3, 0.4) is 0 Å². The van der Waals surface area contributed by atoms with Crippen molar-refractivity contribution in [1.29, 1.82) is 0 Å². The van der Waals surface area contributed by atoms with Gasteiger partial charge in [0.1, 0.15) is 12.6 Å². The first-order valence-corrected chi connectivity index (χ1v) is 6.43. The minimum Gasteiger partial charge on any atom is -0.477 e. The number of carbonyl (C=O) groups is 1. The minimum absolute atomic E-state index is 0.0328. The van der Waals surface area contributed by atoms with Gasteiger partial charge in [0.05, 0.1) is 6.04 Å². The number of nitrogens with one attached hydrogen (secondary N) is 1. The van der Waals surface area contributed by atoms with Crippen LogP contribution in [0.4, 0.5) is 0 Å². The molecule has 0 aliphatic carbocycles. The Labute approximate surface area is 104 Å². The van der Waals surface area contributed by atoms with E-state index in [1.807, 2.05) is 0 Å². The summed E-state index contributed by atoms with van der Waals surface area (Å²) in [5.74, 6) is 1.48. The molecular formula is C13H24N2O2. The number of nitrogens with zero attached hydrogens (tertiary/aromatic N) is 1. The van der Waals surface area contributed by atoms with E-state index in [0.29, 0.717) is 24.3 Å². The lowest BCUT2D eigenvalue weighted by atomic mass is 9.99. The first-order valence-electron chi connectivity index (χ1n) is 6.43. The number of aliphatic imine (C=N–C) groups is 1. The zero-order valence-corrected chi connectivity index (χ0v) is 11.5. The second-order valence-electron chi connectivity index (χ2n) is 5.15. The molecule has 0 aromatic rings. The van der Waals surface area contributed by atoms with Crippen LogP contribution in [0.1, 0.15) is 41.0 Å². The third-order valence-electron chi connectivity index (χ3n) is 3.30. The lowest BCUT2D eigenvalue weighted by Crippen LogP contribution is -2.44. The molecule has 1 amide bonds. The van der Waals surface area contributed by atoms with Gasteiger partial charge < -0.3 is 10.1 Å². The lowest BCUT2D eigenvalue weighted by molar-refractivity contribution is -0.119. The predicted molar refractivity (Wildman–Crippen MR) is 69.1 cm³/mol. The standard InChI is InChI=1S/C13H24N2O2/c1-6-9(4)12(14-10(5)16)13-15-11(7-17-13)8(2)3/h8-9,11-12H,6-7H2,1-5H3,(H,14,16)/t9?,11-,12-/m0/s1. The van der Waals surface area contributed by atoms with Gasteiger partial charge in [-0.3, -0.25) is 4.79 Å². The van der Waals surface area contributed by atoms with Gasteiger partial charge >= 0.3 is 0 Å². The SMILES string of the molecule is CCC(C)[C@H](NC(C)=O)C1=N[C@H](C(C)C)CO1. The molecule has 0 spiro atoms. The van der Waals surface area contributed by atoms with Crippen LogP contribution in [0.25, 0.3) is 0 Å². The zero-order valence-electron chi connectivity index (χ0n) is 11.5. The minimum atomic E-state index is -0.0822. The summed E-state index contributed by atoms with van der Waals surface area (Å²) in [6.07, 6.45) is 0.986. The molecule has 3 atom stereocenters. The second-order valence-corrected chi connectivity index (χ2v) is 5.15. The van der Waals surface area contributed by atoms with Crippen molar-refractivity contribution in [2.24, 2.45) is 16.8 Å². The van der Waals surface area contributed by atoms with Gasteiger partial charge in [0.2, 0.25) is 11.8 Å². The van der Waals surface area contributed by atoms with Crippen molar-refractivity contribution >= 4 is 11.8 Å². The summed E-state index contributed by atoms with van der Waals surface area (Å²) in [7, 11) is 0. The second kappa shape index (κ2) is 6.03. The van der Waals surface area contributed by atoms with Crippen LogP contribution in [0.15, 0.2) is 4.99 Å². The van der Waals surface area contributed by atoms with E-state index in [9.17, 15) is 4.79 Å². The molecule has 1 rings (SSSR count). The summed E-state index contributed by atoms with van der Waals surface area (Å²) < 4.78 is 5.65. The Morgan fingerprint density at radius 3 is 2.59 bits per heavy atom. The maximum atomic E-state index is 11.2. The summed E-state index contributed by atoms with van der Waals surface area (Å²) in [5, 5.41) is 2.94. The monoisotopic (exact) mass is 240 g/mol. The summed E-state index contributed by atoms with van der Waals surface area (Å²) in [6, 6.07) is 0.145. The number of ether oxygens (including phenoxy) is 1. The van der Waals surface area contributed by atoms with Crippen LogP contribution in [0, 0.1) is 11.8 Å². The molecule has 0 aromatic heterocycles. The van der Waals surface area contributed by atoms with Crippen LogP contribution >= 0.6 is 0 Å². The third-order valence-corrected chi connectivity index (χ3v) is 3.30. The Hall–Kier alpha value is -1.06. The summed E-state index contributed by atoms with van der Waals surface area (Å²) in [5.41, 5.74) is 0. The van der Waals surface area contributed by atoms with E-state index in [2.05, 4.69) is 38.0 Å². The smallest absolute Gasteiger partial charge is 0.217 e. The molecule has 1 unspecified atom stereocenters. The highest BCUT2D eigenvalue weighted by Gasteiger charge is 2.30. The fourth-order valence-corrected chi connectivity index (χ4v) is 1.82. The highest BCUT2D eigenvalue weighted by Crippen LogP contribution is 2.19. The maximum absolute atomic E-state index is 11.2. The molecule has 17 heavy (non-hydrogen) atoms. The average molecular weight is 240 g/mol. The normalized spacial score (nSPS) is 22.9. The largest absolute Gasteiger partial charge is 0.477 e. The molecule has 1 heterocycles. The molecule has 0 radical (unpaired) electrons. The quantitative estimate of drug-likeness (QED) is 0.799. The van der Waals surface area contributed by atoms with Crippen LogP contribution in [-0.4, -0.2) is 30.5 Å². The van der Waals surface area contributed by atoms with E-state index in [1.54, 1.807) is 0 Å². The molecular weight excluding hydrogens is 216 g/mol. The Bertz CT molecular complexity index is 300. The van der Waals surface area contributed by atoms with Gasteiger partial charge in [0.25, 0.3) is 0 Å². The number of carbonyl (C=O) groups excluding carboxylic acids is 1. The zero-order chi connectivity index (χ0) is 13.0.